The molecule has 1 N–H and O–H groups in total. The van der Waals surface area contributed by atoms with E-state index in [2.05, 4.69) is 35.0 Å². The molecule has 2 aromatic rings. The summed E-state index contributed by atoms with van der Waals surface area (Å²) in [5.74, 6) is 1.05. The van der Waals surface area contributed by atoms with Gasteiger partial charge in [-0.2, -0.15) is 0 Å². The van der Waals surface area contributed by atoms with Crippen molar-refractivity contribution in [1.82, 2.24) is 14.9 Å². The van der Waals surface area contributed by atoms with Crippen molar-refractivity contribution in [2.45, 2.75) is 38.5 Å². The van der Waals surface area contributed by atoms with Crippen molar-refractivity contribution in [2.24, 2.45) is 0 Å². The Morgan fingerprint density at radius 3 is 3.00 bits per heavy atom. The Bertz CT molecular complexity index is 661. The van der Waals surface area contributed by atoms with Crippen molar-refractivity contribution in [2.75, 3.05) is 26.4 Å². The van der Waals surface area contributed by atoms with Crippen molar-refractivity contribution in [3.05, 3.63) is 29.6 Å². The molecule has 5 heteroatoms. The molecule has 0 radical (unpaired) electrons. The first-order chi connectivity index (χ1) is 10.8. The van der Waals surface area contributed by atoms with Gasteiger partial charge in [-0.05, 0) is 37.5 Å². The van der Waals surface area contributed by atoms with E-state index >= 15 is 0 Å². The zero-order valence-corrected chi connectivity index (χ0v) is 13.0. The van der Waals surface area contributed by atoms with Gasteiger partial charge >= 0.3 is 0 Å². The number of imidazole rings is 1. The standard InChI is InChI=1S/C17H23N3O2/c1-12-2-3-16-15(8-12)19-17-11-22-10-14(20(16)17)9-18-13-4-6-21-7-5-13/h2-3,8,13-14,18H,4-7,9-11H2,1H3. The van der Waals surface area contributed by atoms with E-state index in [0.717, 1.165) is 50.5 Å². The Labute approximate surface area is 130 Å². The molecule has 0 aliphatic carbocycles. The summed E-state index contributed by atoms with van der Waals surface area (Å²) >= 11 is 0. The summed E-state index contributed by atoms with van der Waals surface area (Å²) in [6, 6.07) is 7.39. The van der Waals surface area contributed by atoms with Crippen molar-refractivity contribution >= 4 is 11.0 Å². The number of hydrogen-bond donors (Lipinski definition) is 1. The van der Waals surface area contributed by atoms with Crippen LogP contribution in [0.5, 0.6) is 0 Å². The molecule has 22 heavy (non-hydrogen) atoms. The molecule has 118 valence electrons. The zero-order valence-electron chi connectivity index (χ0n) is 13.0. The summed E-state index contributed by atoms with van der Waals surface area (Å²) < 4.78 is 13.6. The van der Waals surface area contributed by atoms with Crippen LogP contribution in [0.1, 0.15) is 30.3 Å². The largest absolute Gasteiger partial charge is 0.381 e. The van der Waals surface area contributed by atoms with Gasteiger partial charge in [-0.25, -0.2) is 4.98 Å². The Morgan fingerprint density at radius 2 is 2.14 bits per heavy atom. The third-order valence-electron chi connectivity index (χ3n) is 4.69. The molecule has 1 aromatic heterocycles. The second kappa shape index (κ2) is 5.99. The minimum Gasteiger partial charge on any atom is -0.381 e. The van der Waals surface area contributed by atoms with Gasteiger partial charge in [-0.3, -0.25) is 0 Å². The molecule has 0 bridgehead atoms. The van der Waals surface area contributed by atoms with Gasteiger partial charge in [0.25, 0.3) is 0 Å². The monoisotopic (exact) mass is 301 g/mol. The van der Waals surface area contributed by atoms with E-state index in [4.69, 9.17) is 14.5 Å². The average molecular weight is 301 g/mol. The van der Waals surface area contributed by atoms with E-state index < -0.39 is 0 Å². The third kappa shape index (κ3) is 2.64. The van der Waals surface area contributed by atoms with E-state index in [9.17, 15) is 0 Å². The first kappa shape index (κ1) is 14.2. The van der Waals surface area contributed by atoms with E-state index in [-0.39, 0.29) is 0 Å². The summed E-state index contributed by atoms with van der Waals surface area (Å²) in [7, 11) is 0. The van der Waals surface area contributed by atoms with Crippen molar-refractivity contribution < 1.29 is 9.47 Å². The molecule has 1 fully saturated rings. The molecule has 2 aliphatic heterocycles. The van der Waals surface area contributed by atoms with Gasteiger partial charge in [-0.1, -0.05) is 6.07 Å². The number of aromatic nitrogens is 2. The van der Waals surface area contributed by atoms with Gasteiger partial charge in [0.2, 0.25) is 0 Å². The lowest BCUT2D eigenvalue weighted by Crippen LogP contribution is -2.40. The van der Waals surface area contributed by atoms with Gasteiger partial charge in [0.1, 0.15) is 12.4 Å². The molecule has 0 saturated carbocycles. The summed E-state index contributed by atoms with van der Waals surface area (Å²) in [5.41, 5.74) is 3.56. The SMILES string of the molecule is Cc1ccc2c(c1)nc1n2C(CNC2CCOCC2)COC1. The number of hydrogen-bond acceptors (Lipinski definition) is 4. The number of nitrogens with one attached hydrogen (secondary N) is 1. The van der Waals surface area contributed by atoms with Crippen molar-refractivity contribution in [1.29, 1.82) is 0 Å². The zero-order chi connectivity index (χ0) is 14.9. The highest BCUT2D eigenvalue weighted by Crippen LogP contribution is 2.26. The molecular formula is C17H23N3O2. The minimum atomic E-state index is 0.319. The maximum absolute atomic E-state index is 5.76. The number of nitrogens with zero attached hydrogens (tertiary/aromatic N) is 2. The molecule has 1 aromatic carbocycles. The fraction of sp³-hybridized carbons (Fsp3) is 0.588. The van der Waals surface area contributed by atoms with E-state index in [1.807, 2.05) is 0 Å². The van der Waals surface area contributed by atoms with Crippen molar-refractivity contribution in [3.63, 3.8) is 0 Å². The normalized spacial score (nSPS) is 22.9. The van der Waals surface area contributed by atoms with Crippen LogP contribution in [-0.2, 0) is 16.1 Å². The molecule has 1 atom stereocenters. The second-order valence-electron chi connectivity index (χ2n) is 6.35. The van der Waals surface area contributed by atoms with Gasteiger partial charge in [0.15, 0.2) is 0 Å². The molecule has 5 nitrogen and oxygen atoms in total. The maximum atomic E-state index is 5.76. The lowest BCUT2D eigenvalue weighted by atomic mass is 10.1. The van der Waals surface area contributed by atoms with Crippen LogP contribution in [0, 0.1) is 6.92 Å². The van der Waals surface area contributed by atoms with Crippen LogP contribution in [0.4, 0.5) is 0 Å². The fourth-order valence-electron chi connectivity index (χ4n) is 3.48. The third-order valence-corrected chi connectivity index (χ3v) is 4.69. The quantitative estimate of drug-likeness (QED) is 0.944. The molecular weight excluding hydrogens is 278 g/mol. The maximum Gasteiger partial charge on any atom is 0.136 e. The second-order valence-corrected chi connectivity index (χ2v) is 6.35. The number of ether oxygens (including phenoxy) is 2. The number of benzene rings is 1. The van der Waals surface area contributed by atoms with Gasteiger partial charge in [-0.15, -0.1) is 0 Å². The smallest absolute Gasteiger partial charge is 0.136 e. The average Bonchev–Trinajstić information content (AvgIpc) is 2.91. The fourth-order valence-corrected chi connectivity index (χ4v) is 3.48. The summed E-state index contributed by atoms with van der Waals surface area (Å²) in [5, 5.41) is 3.69. The first-order valence-corrected chi connectivity index (χ1v) is 8.17. The Morgan fingerprint density at radius 1 is 1.27 bits per heavy atom. The number of aryl methyl sites for hydroxylation is 1. The molecule has 2 aliphatic rings. The first-order valence-electron chi connectivity index (χ1n) is 8.17. The van der Waals surface area contributed by atoms with Crippen molar-refractivity contribution in [3.8, 4) is 0 Å². The summed E-state index contributed by atoms with van der Waals surface area (Å²) in [4.78, 5) is 4.75. The highest BCUT2D eigenvalue weighted by Gasteiger charge is 2.25. The van der Waals surface area contributed by atoms with Gasteiger partial charge in [0.05, 0.1) is 23.7 Å². The number of rotatable bonds is 3. The molecule has 3 heterocycles. The van der Waals surface area contributed by atoms with Crippen LogP contribution in [0.3, 0.4) is 0 Å². The van der Waals surface area contributed by atoms with Crippen LogP contribution in [0.25, 0.3) is 11.0 Å². The molecule has 0 spiro atoms. The van der Waals surface area contributed by atoms with Gasteiger partial charge < -0.3 is 19.4 Å². The van der Waals surface area contributed by atoms with Gasteiger partial charge in [0, 0.05) is 25.8 Å². The van der Waals surface area contributed by atoms with E-state index in [0.29, 0.717) is 18.7 Å². The van der Waals surface area contributed by atoms with Crippen LogP contribution >= 0.6 is 0 Å². The Hall–Kier alpha value is -1.43. The lowest BCUT2D eigenvalue weighted by Gasteiger charge is -2.30. The minimum absolute atomic E-state index is 0.319. The highest BCUT2D eigenvalue weighted by molar-refractivity contribution is 5.77. The molecule has 4 rings (SSSR count). The molecule has 1 unspecified atom stereocenters. The van der Waals surface area contributed by atoms with E-state index in [1.165, 1.54) is 11.1 Å². The van der Waals surface area contributed by atoms with Crippen LogP contribution in [-0.4, -0.2) is 42.0 Å². The highest BCUT2D eigenvalue weighted by atomic mass is 16.5. The topological polar surface area (TPSA) is 48.3 Å². The summed E-state index contributed by atoms with van der Waals surface area (Å²) in [6.45, 7) is 6.15. The molecule has 1 saturated heterocycles. The summed E-state index contributed by atoms with van der Waals surface area (Å²) in [6.07, 6.45) is 2.20. The van der Waals surface area contributed by atoms with E-state index in [1.54, 1.807) is 0 Å². The molecule has 0 amide bonds. The number of fused-ring (bicyclic) bond motifs is 3. The van der Waals surface area contributed by atoms with Crippen LogP contribution in [0.2, 0.25) is 0 Å². The lowest BCUT2D eigenvalue weighted by molar-refractivity contribution is 0.0491. The Balaban J connectivity index is 1.56. The van der Waals surface area contributed by atoms with Crippen LogP contribution in [0.15, 0.2) is 18.2 Å². The predicted molar refractivity (Wildman–Crippen MR) is 85.0 cm³/mol. The van der Waals surface area contributed by atoms with Crippen LogP contribution < -0.4 is 5.32 Å². The predicted octanol–water partition coefficient (Wildman–Crippen LogP) is 2.18. The Kier molecular flexibility index (Phi) is 3.86.